The van der Waals surface area contributed by atoms with Crippen LogP contribution >= 0.6 is 0 Å². The topological polar surface area (TPSA) is 80.6 Å². The molecule has 14 atom stereocenters. The van der Waals surface area contributed by atoms with E-state index in [0.717, 1.165) is 38.9 Å². The Morgan fingerprint density at radius 1 is 0.981 bits per heavy atom. The molecule has 52 heavy (non-hydrogen) atoms. The molecule has 0 aromatic carbocycles. The predicted octanol–water partition coefficient (Wildman–Crippen LogP) is 7.63. The zero-order chi connectivity index (χ0) is 36.9. The molecule has 2 saturated heterocycles. The molecule has 290 valence electrons. The second kappa shape index (κ2) is 13.1. The van der Waals surface area contributed by atoms with Crippen LogP contribution in [0.15, 0.2) is 48.1 Å². The molecule has 2 heterocycles. The standard InChI is InChI=1S/C45H69NO6/c1-9-49-39(41(5,6)48)31-25-29(2)36-37(51-31)38(47)43(8)33-18-17-32-40(3,4)34(19-20-44(32)28-45(33,44)22-21-42(36,43)7)52-35-27-46(23-24-50-35)26-30-15-13-11-10-12-14-16-30/h10-16,29,31-39,47-48H,9,17-28H2,1-8H3. The van der Waals surface area contributed by atoms with E-state index in [1.807, 2.05) is 20.8 Å². The van der Waals surface area contributed by atoms with Crippen molar-refractivity contribution in [1.82, 2.24) is 4.90 Å². The molecule has 2 aliphatic heterocycles. The number of aliphatic hydroxyl groups is 2. The number of nitrogens with zero attached hydrogens (tertiary/aromatic N) is 1. The molecule has 0 aromatic heterocycles. The number of hydrogen-bond donors (Lipinski definition) is 2. The van der Waals surface area contributed by atoms with E-state index >= 15 is 0 Å². The SMILES string of the molecule is CCOC(C1CC(C)C2C(O1)C(O)C1(C)C3CCC4C(C)(C)C(OC5CN(CC6=CC=CC=CC=C6)CCO5)CCC45CC35CCC21C)C(C)(C)O. The van der Waals surface area contributed by atoms with Gasteiger partial charge in [0.25, 0.3) is 0 Å². The maximum atomic E-state index is 12.7. The minimum atomic E-state index is -1.02. The number of ether oxygens (including phenoxy) is 4. The highest BCUT2D eigenvalue weighted by Crippen LogP contribution is 2.89. The smallest absolute Gasteiger partial charge is 0.170 e. The number of rotatable bonds is 8. The van der Waals surface area contributed by atoms with Crippen LogP contribution < -0.4 is 0 Å². The highest BCUT2D eigenvalue weighted by Gasteiger charge is 2.84. The number of hydrogen-bond acceptors (Lipinski definition) is 7. The third-order valence-corrected chi connectivity index (χ3v) is 17.1. The van der Waals surface area contributed by atoms with E-state index in [-0.39, 0.29) is 40.8 Å². The normalized spacial score (nSPS) is 48.7. The van der Waals surface area contributed by atoms with E-state index in [1.54, 1.807) is 0 Å². The van der Waals surface area contributed by atoms with Gasteiger partial charge in [0, 0.05) is 31.7 Å². The molecule has 7 heteroatoms. The number of allylic oxidation sites excluding steroid dienone is 6. The third-order valence-electron chi connectivity index (χ3n) is 17.1. The summed E-state index contributed by atoms with van der Waals surface area (Å²) in [7, 11) is 0. The first kappa shape index (κ1) is 37.6. The van der Waals surface area contributed by atoms with Gasteiger partial charge in [-0.15, -0.1) is 0 Å². The lowest BCUT2D eigenvalue weighted by Crippen LogP contribution is -2.60. The number of morpholine rings is 1. The van der Waals surface area contributed by atoms with Gasteiger partial charge in [-0.3, -0.25) is 4.90 Å². The molecule has 0 bridgehead atoms. The fourth-order valence-corrected chi connectivity index (χ4v) is 14.7. The zero-order valence-corrected chi connectivity index (χ0v) is 33.5. The molecule has 7 nitrogen and oxygen atoms in total. The Morgan fingerprint density at radius 2 is 1.71 bits per heavy atom. The Labute approximate surface area is 314 Å². The molecule has 0 radical (unpaired) electrons. The maximum absolute atomic E-state index is 12.7. The molecule has 2 spiro atoms. The van der Waals surface area contributed by atoms with Crippen LogP contribution in [0.3, 0.4) is 0 Å². The minimum absolute atomic E-state index is 0.0126. The van der Waals surface area contributed by atoms with Gasteiger partial charge >= 0.3 is 0 Å². The Kier molecular flexibility index (Phi) is 9.50. The van der Waals surface area contributed by atoms with Crippen LogP contribution in [0.2, 0.25) is 0 Å². The van der Waals surface area contributed by atoms with Gasteiger partial charge in [0.2, 0.25) is 0 Å². The Morgan fingerprint density at radius 3 is 2.48 bits per heavy atom. The Hall–Kier alpha value is -1.32. The van der Waals surface area contributed by atoms with Crippen molar-refractivity contribution in [2.45, 2.75) is 149 Å². The molecule has 8 aliphatic rings. The van der Waals surface area contributed by atoms with Crippen LogP contribution in [-0.2, 0) is 18.9 Å². The molecule has 2 N–H and O–H groups in total. The Balaban J connectivity index is 0.984. The number of aliphatic hydroxyl groups excluding tert-OH is 1. The minimum Gasteiger partial charge on any atom is -0.390 e. The summed E-state index contributed by atoms with van der Waals surface area (Å²) in [6, 6.07) is 0. The van der Waals surface area contributed by atoms with Gasteiger partial charge in [-0.05, 0) is 123 Å². The average Bonchev–Trinajstić information content (AvgIpc) is 3.70. The lowest BCUT2D eigenvalue weighted by molar-refractivity contribution is -0.248. The maximum Gasteiger partial charge on any atom is 0.170 e. The van der Waals surface area contributed by atoms with Crippen molar-refractivity contribution in [2.75, 3.05) is 32.8 Å². The van der Waals surface area contributed by atoms with Crippen LogP contribution in [0, 0.1) is 50.7 Å². The van der Waals surface area contributed by atoms with E-state index in [1.165, 1.54) is 37.7 Å². The molecule has 0 aromatic rings. The van der Waals surface area contributed by atoms with Gasteiger partial charge in [0.05, 0.1) is 36.6 Å². The molecule has 6 aliphatic carbocycles. The van der Waals surface area contributed by atoms with Gasteiger partial charge < -0.3 is 29.2 Å². The van der Waals surface area contributed by atoms with Crippen molar-refractivity contribution in [2.24, 2.45) is 50.7 Å². The van der Waals surface area contributed by atoms with Gasteiger partial charge in [-0.25, -0.2) is 0 Å². The molecule has 7 fully saturated rings. The molecule has 14 unspecified atom stereocenters. The summed E-state index contributed by atoms with van der Waals surface area (Å²) in [5.41, 5.74) is 0.788. The zero-order valence-electron chi connectivity index (χ0n) is 33.5. The van der Waals surface area contributed by atoms with E-state index < -0.39 is 17.8 Å². The van der Waals surface area contributed by atoms with Crippen molar-refractivity contribution in [3.63, 3.8) is 0 Å². The quantitative estimate of drug-likeness (QED) is 0.267. The summed E-state index contributed by atoms with van der Waals surface area (Å²) in [4.78, 5) is 2.49. The molecule has 0 amide bonds. The first-order chi connectivity index (χ1) is 24.6. The first-order valence-electron chi connectivity index (χ1n) is 21.0. The summed E-state index contributed by atoms with van der Waals surface area (Å²) in [6.45, 7) is 21.9. The summed E-state index contributed by atoms with van der Waals surface area (Å²) < 4.78 is 26.5. The van der Waals surface area contributed by atoms with E-state index in [2.05, 4.69) is 82.1 Å². The van der Waals surface area contributed by atoms with Gasteiger partial charge in [0.15, 0.2) is 6.29 Å². The van der Waals surface area contributed by atoms with Crippen LogP contribution in [0.4, 0.5) is 0 Å². The summed E-state index contributed by atoms with van der Waals surface area (Å²) >= 11 is 0. The lowest BCUT2D eigenvalue weighted by Gasteiger charge is -2.64. The molecular formula is C45H69NO6. The van der Waals surface area contributed by atoms with E-state index in [9.17, 15) is 10.2 Å². The fourth-order valence-electron chi connectivity index (χ4n) is 14.7. The first-order valence-corrected chi connectivity index (χ1v) is 21.0. The van der Waals surface area contributed by atoms with Crippen LogP contribution in [0.25, 0.3) is 0 Å². The monoisotopic (exact) mass is 720 g/mol. The van der Waals surface area contributed by atoms with Crippen molar-refractivity contribution in [3.05, 3.63) is 48.1 Å². The predicted molar refractivity (Wildman–Crippen MR) is 204 cm³/mol. The Bertz CT molecular complexity index is 1480. The summed E-state index contributed by atoms with van der Waals surface area (Å²) in [6.07, 6.45) is 22.8. The second-order valence-corrected chi connectivity index (χ2v) is 20.1. The largest absolute Gasteiger partial charge is 0.390 e. The summed E-state index contributed by atoms with van der Waals surface area (Å²) in [5, 5.41) is 23.8. The molecular weight excluding hydrogens is 650 g/mol. The van der Waals surface area contributed by atoms with Crippen LogP contribution in [0.5, 0.6) is 0 Å². The van der Waals surface area contributed by atoms with E-state index in [4.69, 9.17) is 18.9 Å². The lowest BCUT2D eigenvalue weighted by atomic mass is 9.41. The van der Waals surface area contributed by atoms with Crippen LogP contribution in [-0.4, -0.2) is 90.4 Å². The van der Waals surface area contributed by atoms with Crippen molar-refractivity contribution in [1.29, 1.82) is 0 Å². The van der Waals surface area contributed by atoms with Gasteiger partial charge in [0.1, 0.15) is 6.10 Å². The van der Waals surface area contributed by atoms with Crippen molar-refractivity contribution < 1.29 is 29.2 Å². The van der Waals surface area contributed by atoms with Gasteiger partial charge in [-0.2, -0.15) is 0 Å². The molecule has 5 saturated carbocycles. The van der Waals surface area contributed by atoms with Crippen molar-refractivity contribution in [3.8, 4) is 0 Å². The average molecular weight is 720 g/mol. The third kappa shape index (κ3) is 5.51. The summed E-state index contributed by atoms with van der Waals surface area (Å²) in [5.74, 6) is 1.80. The highest BCUT2D eigenvalue weighted by atomic mass is 16.7. The van der Waals surface area contributed by atoms with Crippen LogP contribution in [0.1, 0.15) is 107 Å². The fraction of sp³-hybridized carbons (Fsp3) is 0.822. The van der Waals surface area contributed by atoms with Gasteiger partial charge in [-0.1, -0.05) is 77.2 Å². The number of fused-ring (bicyclic) bond motifs is 4. The van der Waals surface area contributed by atoms with E-state index in [0.29, 0.717) is 47.7 Å². The second-order valence-electron chi connectivity index (χ2n) is 20.1. The van der Waals surface area contributed by atoms with Crippen molar-refractivity contribution >= 4 is 0 Å². The highest BCUT2D eigenvalue weighted by molar-refractivity contribution is 5.34. The molecule has 8 rings (SSSR count).